The fourth-order valence-corrected chi connectivity index (χ4v) is 2.45. The van der Waals surface area contributed by atoms with Crippen LogP contribution in [0.15, 0.2) is 48.5 Å². The Labute approximate surface area is 132 Å². The highest BCUT2D eigenvalue weighted by Crippen LogP contribution is 2.18. The molecule has 0 fully saturated rings. The third-order valence-corrected chi connectivity index (χ3v) is 3.71. The molecule has 4 N–H and O–H groups in total. The van der Waals surface area contributed by atoms with Gasteiger partial charge in [-0.25, -0.2) is 0 Å². The van der Waals surface area contributed by atoms with Crippen molar-refractivity contribution >= 4 is 22.7 Å². The van der Waals surface area contributed by atoms with Crippen LogP contribution in [-0.2, 0) is 0 Å². The molecule has 0 aliphatic carbocycles. The van der Waals surface area contributed by atoms with Gasteiger partial charge in [-0.2, -0.15) is 5.10 Å². The van der Waals surface area contributed by atoms with E-state index in [0.29, 0.717) is 16.5 Å². The maximum Gasteiger partial charge on any atom is 0.269 e. The van der Waals surface area contributed by atoms with E-state index >= 15 is 0 Å². The molecule has 0 aliphatic rings. The molecular weight excluding hydrogens is 292 g/mol. The Kier molecular flexibility index (Phi) is 3.80. The summed E-state index contributed by atoms with van der Waals surface area (Å²) in [4.78, 5) is 23.8. The van der Waals surface area contributed by atoms with Crippen molar-refractivity contribution in [2.75, 3.05) is 0 Å². The van der Waals surface area contributed by atoms with Crippen molar-refractivity contribution in [2.24, 2.45) is 5.73 Å². The molecule has 3 aromatic rings. The molecule has 0 saturated carbocycles. The third-order valence-electron chi connectivity index (χ3n) is 3.71. The van der Waals surface area contributed by atoms with E-state index in [1.54, 1.807) is 18.2 Å². The topological polar surface area (TPSA) is 101 Å². The van der Waals surface area contributed by atoms with Gasteiger partial charge in [0.2, 0.25) is 0 Å². The van der Waals surface area contributed by atoms with E-state index < -0.39 is 5.91 Å². The van der Waals surface area contributed by atoms with Gasteiger partial charge in [-0.3, -0.25) is 14.7 Å². The Morgan fingerprint density at radius 1 is 1.17 bits per heavy atom. The number of carbonyl (C=O) groups is 2. The summed E-state index contributed by atoms with van der Waals surface area (Å²) in [6, 6.07) is 14.6. The number of aromatic nitrogens is 2. The standard InChI is InChI=1S/C17H16N4O2/c1-10(11-5-3-2-4-6-11)19-17(23)12-7-8-14-13(9-12)15(16(18)22)21-20-14/h2-10H,1H3,(H2,18,22)(H,19,23)(H,20,21). The van der Waals surface area contributed by atoms with Crippen molar-refractivity contribution in [2.45, 2.75) is 13.0 Å². The van der Waals surface area contributed by atoms with Gasteiger partial charge in [0.1, 0.15) is 0 Å². The lowest BCUT2D eigenvalue weighted by atomic mass is 10.1. The molecule has 2 aromatic carbocycles. The van der Waals surface area contributed by atoms with E-state index in [0.717, 1.165) is 5.56 Å². The summed E-state index contributed by atoms with van der Waals surface area (Å²) < 4.78 is 0. The lowest BCUT2D eigenvalue weighted by Crippen LogP contribution is -2.26. The molecule has 0 saturated heterocycles. The van der Waals surface area contributed by atoms with E-state index in [1.165, 1.54) is 0 Å². The summed E-state index contributed by atoms with van der Waals surface area (Å²) in [5, 5.41) is 10.1. The van der Waals surface area contributed by atoms with Crippen LogP contribution >= 0.6 is 0 Å². The van der Waals surface area contributed by atoms with E-state index in [-0.39, 0.29) is 17.6 Å². The van der Waals surface area contributed by atoms with Crippen molar-refractivity contribution in [3.05, 3.63) is 65.4 Å². The zero-order valence-electron chi connectivity index (χ0n) is 12.5. The normalized spacial score (nSPS) is 12.0. The van der Waals surface area contributed by atoms with Gasteiger partial charge in [0.05, 0.1) is 11.6 Å². The van der Waals surface area contributed by atoms with Crippen molar-refractivity contribution in [1.82, 2.24) is 15.5 Å². The number of nitrogens with one attached hydrogen (secondary N) is 2. The minimum Gasteiger partial charge on any atom is -0.364 e. The van der Waals surface area contributed by atoms with Crippen LogP contribution < -0.4 is 11.1 Å². The van der Waals surface area contributed by atoms with Gasteiger partial charge in [0.15, 0.2) is 5.69 Å². The summed E-state index contributed by atoms with van der Waals surface area (Å²) in [5.41, 5.74) is 7.54. The molecule has 6 nitrogen and oxygen atoms in total. The zero-order valence-corrected chi connectivity index (χ0v) is 12.5. The van der Waals surface area contributed by atoms with E-state index in [2.05, 4.69) is 15.5 Å². The second kappa shape index (κ2) is 5.92. The Bertz CT molecular complexity index is 871. The number of nitrogens with zero attached hydrogens (tertiary/aromatic N) is 1. The Morgan fingerprint density at radius 3 is 2.61 bits per heavy atom. The lowest BCUT2D eigenvalue weighted by Gasteiger charge is -2.14. The highest BCUT2D eigenvalue weighted by atomic mass is 16.2. The van der Waals surface area contributed by atoms with Gasteiger partial charge in [-0.1, -0.05) is 30.3 Å². The Balaban J connectivity index is 1.86. The van der Waals surface area contributed by atoms with E-state index in [1.807, 2.05) is 37.3 Å². The predicted molar refractivity (Wildman–Crippen MR) is 86.9 cm³/mol. The second-order valence-electron chi connectivity index (χ2n) is 5.30. The first-order valence-corrected chi connectivity index (χ1v) is 7.20. The summed E-state index contributed by atoms with van der Waals surface area (Å²) in [5.74, 6) is -0.855. The number of rotatable bonds is 4. The summed E-state index contributed by atoms with van der Waals surface area (Å²) >= 11 is 0. The SMILES string of the molecule is CC(NC(=O)c1ccc2[nH]nc(C(N)=O)c2c1)c1ccccc1. The van der Waals surface area contributed by atoms with Crippen LogP contribution in [0.3, 0.4) is 0 Å². The second-order valence-corrected chi connectivity index (χ2v) is 5.30. The number of aromatic amines is 1. The third kappa shape index (κ3) is 2.91. The first kappa shape index (κ1) is 14.8. The van der Waals surface area contributed by atoms with Gasteiger partial charge in [0, 0.05) is 10.9 Å². The average Bonchev–Trinajstić information content (AvgIpc) is 2.98. The quantitative estimate of drug-likeness (QED) is 0.688. The zero-order chi connectivity index (χ0) is 16.4. The average molecular weight is 308 g/mol. The number of benzene rings is 2. The smallest absolute Gasteiger partial charge is 0.269 e. The summed E-state index contributed by atoms with van der Waals surface area (Å²) in [7, 11) is 0. The number of hydrogen-bond acceptors (Lipinski definition) is 3. The molecule has 23 heavy (non-hydrogen) atoms. The monoisotopic (exact) mass is 308 g/mol. The van der Waals surface area contributed by atoms with Gasteiger partial charge >= 0.3 is 0 Å². The molecule has 1 atom stereocenters. The number of nitrogens with two attached hydrogens (primary N) is 1. The molecule has 1 unspecified atom stereocenters. The minimum absolute atomic E-state index is 0.126. The minimum atomic E-state index is -0.633. The predicted octanol–water partition coefficient (Wildman–Crippen LogP) is 2.15. The highest BCUT2D eigenvalue weighted by molar-refractivity contribution is 6.06. The van der Waals surface area contributed by atoms with Crippen LogP contribution in [0, 0.1) is 0 Å². The first-order valence-electron chi connectivity index (χ1n) is 7.20. The molecular formula is C17H16N4O2. The molecule has 0 spiro atoms. The van der Waals surface area contributed by atoms with Gasteiger partial charge in [0.25, 0.3) is 11.8 Å². The number of amides is 2. The van der Waals surface area contributed by atoms with Crippen LogP contribution in [0.1, 0.15) is 39.4 Å². The molecule has 116 valence electrons. The Morgan fingerprint density at radius 2 is 1.91 bits per heavy atom. The number of carbonyl (C=O) groups excluding carboxylic acids is 2. The number of fused-ring (bicyclic) bond motifs is 1. The van der Waals surface area contributed by atoms with Crippen LogP contribution in [-0.4, -0.2) is 22.0 Å². The Hall–Kier alpha value is -3.15. The fraction of sp³-hybridized carbons (Fsp3) is 0.118. The van der Waals surface area contributed by atoms with Crippen molar-refractivity contribution < 1.29 is 9.59 Å². The molecule has 3 rings (SSSR count). The van der Waals surface area contributed by atoms with Gasteiger partial charge in [-0.15, -0.1) is 0 Å². The van der Waals surface area contributed by atoms with Crippen LogP contribution in [0.25, 0.3) is 10.9 Å². The van der Waals surface area contributed by atoms with Crippen molar-refractivity contribution in [3.63, 3.8) is 0 Å². The largest absolute Gasteiger partial charge is 0.364 e. The maximum absolute atomic E-state index is 12.4. The molecule has 1 heterocycles. The van der Waals surface area contributed by atoms with Gasteiger partial charge in [-0.05, 0) is 30.7 Å². The molecule has 2 amide bonds. The highest BCUT2D eigenvalue weighted by Gasteiger charge is 2.15. The fourth-order valence-electron chi connectivity index (χ4n) is 2.45. The van der Waals surface area contributed by atoms with E-state index in [9.17, 15) is 9.59 Å². The molecule has 0 aliphatic heterocycles. The van der Waals surface area contributed by atoms with Crippen molar-refractivity contribution in [3.8, 4) is 0 Å². The van der Waals surface area contributed by atoms with Gasteiger partial charge < -0.3 is 11.1 Å². The maximum atomic E-state index is 12.4. The van der Waals surface area contributed by atoms with Crippen LogP contribution in [0.5, 0.6) is 0 Å². The molecule has 0 bridgehead atoms. The van der Waals surface area contributed by atoms with Crippen LogP contribution in [0.2, 0.25) is 0 Å². The number of H-pyrrole nitrogens is 1. The first-order chi connectivity index (χ1) is 11.1. The molecule has 0 radical (unpaired) electrons. The van der Waals surface area contributed by atoms with E-state index in [4.69, 9.17) is 5.73 Å². The summed E-state index contributed by atoms with van der Waals surface area (Å²) in [6.07, 6.45) is 0. The van der Waals surface area contributed by atoms with Crippen molar-refractivity contribution in [1.29, 1.82) is 0 Å². The number of hydrogen-bond donors (Lipinski definition) is 3. The summed E-state index contributed by atoms with van der Waals surface area (Å²) in [6.45, 7) is 1.92. The lowest BCUT2D eigenvalue weighted by molar-refractivity contribution is 0.0938. The van der Waals surface area contributed by atoms with Crippen LogP contribution in [0.4, 0.5) is 0 Å². The molecule has 6 heteroatoms. The molecule has 1 aromatic heterocycles. The number of primary amides is 1.